The van der Waals surface area contributed by atoms with E-state index in [9.17, 15) is 29.8 Å². The van der Waals surface area contributed by atoms with Crippen molar-refractivity contribution in [2.24, 2.45) is 4.99 Å². The van der Waals surface area contributed by atoms with Crippen molar-refractivity contribution in [3.63, 3.8) is 0 Å². The molecule has 0 amide bonds. The molecule has 0 spiro atoms. The molecule has 4 aromatic rings. The average Bonchev–Trinajstić information content (AvgIpc) is 3.30. The summed E-state index contributed by atoms with van der Waals surface area (Å²) >= 11 is 4.46. The van der Waals surface area contributed by atoms with E-state index in [0.29, 0.717) is 27.2 Å². The van der Waals surface area contributed by atoms with Gasteiger partial charge in [0.1, 0.15) is 6.61 Å². The van der Waals surface area contributed by atoms with E-state index in [-0.39, 0.29) is 44.9 Å². The number of thiazole rings is 1. The fraction of sp³-hybridized carbons (Fsp3) is 0.194. The minimum Gasteiger partial charge on any atom is -0.481 e. The van der Waals surface area contributed by atoms with Gasteiger partial charge in [0.15, 0.2) is 4.80 Å². The summed E-state index contributed by atoms with van der Waals surface area (Å²) in [7, 11) is 0. The maximum atomic E-state index is 13.9. The summed E-state index contributed by atoms with van der Waals surface area (Å²) in [6.45, 7) is 5.41. The molecule has 0 aliphatic carbocycles. The lowest BCUT2D eigenvalue weighted by atomic mass is 9.95. The van der Waals surface area contributed by atoms with Gasteiger partial charge in [-0.15, -0.1) is 0 Å². The van der Waals surface area contributed by atoms with E-state index in [1.54, 1.807) is 19.9 Å². The Labute approximate surface area is 268 Å². The Kier molecular flexibility index (Phi) is 9.06. The first kappa shape index (κ1) is 31.5. The number of esters is 1. The molecule has 0 unspecified atom stereocenters. The number of non-ortho nitro benzene ring substituents is 1. The zero-order valence-electron chi connectivity index (χ0n) is 24.2. The van der Waals surface area contributed by atoms with Gasteiger partial charge >= 0.3 is 11.7 Å². The Morgan fingerprint density at radius 1 is 1.07 bits per heavy atom. The van der Waals surface area contributed by atoms with Gasteiger partial charge in [-0.2, -0.15) is 0 Å². The van der Waals surface area contributed by atoms with Crippen LogP contribution in [0.15, 0.2) is 86.2 Å². The fourth-order valence-corrected chi connectivity index (χ4v) is 6.47. The number of nitro benzene ring substituents is 2. The van der Waals surface area contributed by atoms with Gasteiger partial charge in [-0.05, 0) is 77.7 Å². The summed E-state index contributed by atoms with van der Waals surface area (Å²) in [5.41, 5.74) is 2.49. The van der Waals surface area contributed by atoms with E-state index in [1.165, 1.54) is 41.0 Å². The van der Waals surface area contributed by atoms with Gasteiger partial charge < -0.3 is 9.47 Å². The van der Waals surface area contributed by atoms with Crippen LogP contribution < -0.4 is 19.6 Å². The van der Waals surface area contributed by atoms with Crippen LogP contribution in [0.3, 0.4) is 0 Å². The monoisotopic (exact) mass is 692 g/mol. The lowest BCUT2D eigenvalue weighted by molar-refractivity contribution is -0.386. The van der Waals surface area contributed by atoms with Crippen molar-refractivity contribution in [2.45, 2.75) is 33.4 Å². The summed E-state index contributed by atoms with van der Waals surface area (Å²) in [4.78, 5) is 53.7. The van der Waals surface area contributed by atoms with Crippen molar-refractivity contribution in [3.05, 3.63) is 139 Å². The highest BCUT2D eigenvalue weighted by Gasteiger charge is 2.33. The van der Waals surface area contributed by atoms with E-state index in [0.717, 1.165) is 16.9 Å². The Bertz CT molecular complexity index is 2050. The number of nitrogens with zero attached hydrogens (tertiary/aromatic N) is 4. The highest BCUT2D eigenvalue weighted by molar-refractivity contribution is 9.10. The third-order valence-electron chi connectivity index (χ3n) is 6.98. The minimum atomic E-state index is -0.778. The molecule has 2 heterocycles. The highest BCUT2D eigenvalue weighted by Crippen LogP contribution is 2.37. The molecule has 0 N–H and O–H groups in total. The van der Waals surface area contributed by atoms with Crippen LogP contribution in [0.5, 0.6) is 5.75 Å². The largest absolute Gasteiger partial charge is 0.481 e. The van der Waals surface area contributed by atoms with Crippen LogP contribution >= 0.6 is 27.3 Å². The third kappa shape index (κ3) is 6.47. The van der Waals surface area contributed by atoms with E-state index < -0.39 is 27.4 Å². The summed E-state index contributed by atoms with van der Waals surface area (Å²) in [6, 6.07) is 15.2. The molecule has 12 nitrogen and oxygen atoms in total. The van der Waals surface area contributed by atoms with Crippen LogP contribution in [-0.2, 0) is 16.1 Å². The molecule has 3 aromatic carbocycles. The van der Waals surface area contributed by atoms with E-state index in [2.05, 4.69) is 20.9 Å². The number of allylic oxidation sites excluding steroid dienone is 1. The molecule has 0 saturated heterocycles. The SMILES string of the molecule is CCOC(=O)C1=C(C)N=c2s/c(=C\c3cc(Br)c(OCc4ccc([N+](=O)[O-])cc4)c([N+](=O)[O-])c3)c(=O)n2[C@@H]1c1ccc(C)cc1. The van der Waals surface area contributed by atoms with Gasteiger partial charge in [0, 0.05) is 18.2 Å². The molecule has 5 rings (SSSR count). The number of hydrogen-bond donors (Lipinski definition) is 0. The first-order chi connectivity index (χ1) is 21.5. The van der Waals surface area contributed by atoms with Crippen molar-refractivity contribution < 1.29 is 24.1 Å². The number of nitro groups is 2. The lowest BCUT2D eigenvalue weighted by Crippen LogP contribution is -2.39. The molecule has 230 valence electrons. The Hall–Kier alpha value is -4.95. The van der Waals surface area contributed by atoms with Gasteiger partial charge in [-0.25, -0.2) is 9.79 Å². The second-order valence-electron chi connectivity index (χ2n) is 10.0. The first-order valence-corrected chi connectivity index (χ1v) is 15.2. The van der Waals surface area contributed by atoms with Crippen LogP contribution in [0.1, 0.15) is 42.1 Å². The molecule has 0 saturated carbocycles. The summed E-state index contributed by atoms with van der Waals surface area (Å²) < 4.78 is 13.0. The van der Waals surface area contributed by atoms with E-state index >= 15 is 0 Å². The van der Waals surface area contributed by atoms with E-state index in [4.69, 9.17) is 9.47 Å². The summed E-state index contributed by atoms with van der Waals surface area (Å²) in [5.74, 6) is -0.603. The van der Waals surface area contributed by atoms with Crippen molar-refractivity contribution in [2.75, 3.05) is 6.61 Å². The lowest BCUT2D eigenvalue weighted by Gasteiger charge is -2.24. The zero-order chi connectivity index (χ0) is 32.4. The number of hydrogen-bond acceptors (Lipinski definition) is 10. The summed E-state index contributed by atoms with van der Waals surface area (Å²) in [5, 5.41) is 23.0. The van der Waals surface area contributed by atoms with Gasteiger partial charge in [-0.1, -0.05) is 41.2 Å². The highest BCUT2D eigenvalue weighted by atomic mass is 79.9. The number of carbonyl (C=O) groups is 1. The van der Waals surface area contributed by atoms with Crippen molar-refractivity contribution >= 4 is 50.7 Å². The average molecular weight is 694 g/mol. The third-order valence-corrected chi connectivity index (χ3v) is 8.55. The Morgan fingerprint density at radius 2 is 1.76 bits per heavy atom. The first-order valence-electron chi connectivity index (χ1n) is 13.6. The molecule has 0 bridgehead atoms. The van der Waals surface area contributed by atoms with Crippen LogP contribution in [0.2, 0.25) is 0 Å². The molecule has 1 aromatic heterocycles. The van der Waals surface area contributed by atoms with Gasteiger partial charge in [-0.3, -0.25) is 29.6 Å². The van der Waals surface area contributed by atoms with Gasteiger partial charge in [0.2, 0.25) is 5.75 Å². The predicted octanol–water partition coefficient (Wildman–Crippen LogP) is 5.26. The quantitative estimate of drug-likeness (QED) is 0.131. The smallest absolute Gasteiger partial charge is 0.338 e. The topological polar surface area (TPSA) is 156 Å². The molecular formula is C31H25BrN4O8S. The molecular weight excluding hydrogens is 668 g/mol. The van der Waals surface area contributed by atoms with Gasteiger partial charge in [0.25, 0.3) is 11.2 Å². The summed E-state index contributed by atoms with van der Waals surface area (Å²) in [6.07, 6.45) is 1.53. The number of carbonyl (C=O) groups excluding carboxylic acids is 1. The van der Waals surface area contributed by atoms with Crippen molar-refractivity contribution in [3.8, 4) is 5.75 Å². The van der Waals surface area contributed by atoms with Crippen molar-refractivity contribution in [1.29, 1.82) is 0 Å². The number of benzene rings is 3. The fourth-order valence-electron chi connectivity index (χ4n) is 4.84. The number of fused-ring (bicyclic) bond motifs is 1. The number of aromatic nitrogens is 1. The number of ether oxygens (including phenoxy) is 2. The zero-order valence-corrected chi connectivity index (χ0v) is 26.6. The predicted molar refractivity (Wildman–Crippen MR) is 170 cm³/mol. The number of halogens is 1. The minimum absolute atomic E-state index is 0.0361. The van der Waals surface area contributed by atoms with E-state index in [1.807, 2.05) is 31.2 Å². The standard InChI is InChI=1S/C31H25BrN4O8S/c1-4-43-30(38)26-18(3)33-31-34(27(26)21-9-5-17(2)6-10-21)29(37)25(45-31)15-20-13-23(32)28(24(14-20)36(41)42)44-16-19-7-11-22(12-8-19)35(39)40/h5-15,27H,4,16H2,1-3H3/b25-15-/t27-/m1/s1. The molecule has 1 aliphatic rings. The Balaban J connectivity index is 1.56. The van der Waals surface area contributed by atoms with Crippen LogP contribution in [0.4, 0.5) is 11.4 Å². The molecule has 14 heteroatoms. The molecule has 0 fully saturated rings. The van der Waals surface area contributed by atoms with Crippen LogP contribution in [0, 0.1) is 27.2 Å². The second-order valence-corrected chi connectivity index (χ2v) is 11.9. The van der Waals surface area contributed by atoms with Crippen LogP contribution in [-0.4, -0.2) is 27.0 Å². The molecule has 1 aliphatic heterocycles. The second kappa shape index (κ2) is 13.0. The van der Waals surface area contributed by atoms with Gasteiger partial charge in [0.05, 0.1) is 42.8 Å². The van der Waals surface area contributed by atoms with Crippen LogP contribution in [0.25, 0.3) is 6.08 Å². The molecule has 45 heavy (non-hydrogen) atoms. The molecule has 0 radical (unpaired) electrons. The molecule has 1 atom stereocenters. The normalized spacial score (nSPS) is 14.5. The number of aryl methyl sites for hydroxylation is 1. The Morgan fingerprint density at radius 3 is 2.38 bits per heavy atom. The number of rotatable bonds is 9. The van der Waals surface area contributed by atoms with Crippen molar-refractivity contribution in [1.82, 2.24) is 4.57 Å². The maximum Gasteiger partial charge on any atom is 0.338 e. The maximum absolute atomic E-state index is 13.9.